The van der Waals surface area contributed by atoms with E-state index in [1.165, 1.54) is 6.92 Å². The van der Waals surface area contributed by atoms with Crippen molar-refractivity contribution in [2.45, 2.75) is 123 Å². The summed E-state index contributed by atoms with van der Waals surface area (Å²) in [6.07, 6.45) is -1.82. The number of aliphatic hydroxyl groups excluding tert-OH is 1. The lowest BCUT2D eigenvalue weighted by atomic mass is 9.79. The summed E-state index contributed by atoms with van der Waals surface area (Å²) in [5.74, 6) is -3.43. The van der Waals surface area contributed by atoms with Crippen molar-refractivity contribution in [1.82, 2.24) is 4.90 Å². The first-order valence-corrected chi connectivity index (χ1v) is 13.7. The molecule has 0 unspecified atom stereocenters. The van der Waals surface area contributed by atoms with E-state index in [1.807, 2.05) is 39.8 Å². The number of rotatable bonds is 4. The third-order valence-corrected chi connectivity index (χ3v) is 8.33. The fourth-order valence-electron chi connectivity index (χ4n) is 5.73. The van der Waals surface area contributed by atoms with Gasteiger partial charge in [-0.05, 0) is 66.5 Å². The molecule has 0 aliphatic carbocycles. The molecule has 0 saturated carbocycles. The predicted molar refractivity (Wildman–Crippen MR) is 139 cm³/mol. The largest absolute Gasteiger partial charge is 0.459 e. The van der Waals surface area contributed by atoms with Crippen molar-refractivity contribution < 1.29 is 38.8 Å². The van der Waals surface area contributed by atoms with E-state index in [0.717, 1.165) is 0 Å². The zero-order valence-electron chi connectivity index (χ0n) is 24.1. The Morgan fingerprint density at radius 1 is 1.08 bits per heavy atom. The number of carbonyl (C=O) groups excluding carboxylic acids is 3. The van der Waals surface area contributed by atoms with Gasteiger partial charge in [0.25, 0.3) is 0 Å². The fourth-order valence-corrected chi connectivity index (χ4v) is 5.73. The standard InChI is InChI=1S/C28H49NO8/c1-10-22-28(7,34)12-11-21(30)15(2)13-16(3)25(18(5)23(31)19(6)26(33)36-22)37-27-24(32)20(29(8)9)14-17(4)35-27/h15-20,22,24-25,27,32,34H,10-14H2,1-9H3/t15-,16+,17+,18+,19-,20-,22-,24+,25+,27-,28+/m1/s1. The predicted octanol–water partition coefficient (Wildman–Crippen LogP) is 2.74. The van der Waals surface area contributed by atoms with Crippen molar-refractivity contribution in [2.24, 2.45) is 23.7 Å². The average molecular weight is 528 g/mol. The number of ether oxygens (including phenoxy) is 3. The Bertz CT molecular complexity index is 799. The molecular weight excluding hydrogens is 478 g/mol. The lowest BCUT2D eigenvalue weighted by molar-refractivity contribution is -0.278. The number of aliphatic hydroxyl groups is 2. The second kappa shape index (κ2) is 13.1. The van der Waals surface area contributed by atoms with E-state index in [-0.39, 0.29) is 48.4 Å². The summed E-state index contributed by atoms with van der Waals surface area (Å²) in [4.78, 5) is 41.4. The van der Waals surface area contributed by atoms with Crippen LogP contribution < -0.4 is 0 Å². The van der Waals surface area contributed by atoms with Crippen LogP contribution in [-0.4, -0.2) is 89.1 Å². The quantitative estimate of drug-likeness (QED) is 0.420. The molecule has 37 heavy (non-hydrogen) atoms. The number of cyclic esters (lactones) is 1. The molecule has 2 N–H and O–H groups in total. The molecule has 2 aliphatic heterocycles. The molecule has 2 heterocycles. The zero-order valence-corrected chi connectivity index (χ0v) is 24.1. The van der Waals surface area contributed by atoms with Gasteiger partial charge < -0.3 is 29.3 Å². The lowest BCUT2D eigenvalue weighted by Gasteiger charge is -2.43. The Morgan fingerprint density at radius 2 is 1.70 bits per heavy atom. The van der Waals surface area contributed by atoms with E-state index < -0.39 is 48.0 Å². The van der Waals surface area contributed by atoms with Crippen LogP contribution in [0.1, 0.15) is 80.6 Å². The van der Waals surface area contributed by atoms with Gasteiger partial charge in [0.15, 0.2) is 12.1 Å². The average Bonchev–Trinajstić information content (AvgIpc) is 2.83. The molecule has 0 aromatic carbocycles. The molecule has 0 amide bonds. The second-order valence-corrected chi connectivity index (χ2v) is 11.9. The highest BCUT2D eigenvalue weighted by Crippen LogP contribution is 2.33. The summed E-state index contributed by atoms with van der Waals surface area (Å²) in [6, 6.07) is -0.179. The minimum atomic E-state index is -1.39. The maximum atomic E-state index is 13.5. The van der Waals surface area contributed by atoms with Crippen LogP contribution in [0.3, 0.4) is 0 Å². The van der Waals surface area contributed by atoms with Crippen LogP contribution in [0.5, 0.6) is 0 Å². The highest BCUT2D eigenvalue weighted by molar-refractivity contribution is 6.00. The van der Waals surface area contributed by atoms with Crippen LogP contribution in [0.25, 0.3) is 0 Å². The van der Waals surface area contributed by atoms with Crippen LogP contribution in [0.4, 0.5) is 0 Å². The summed E-state index contributed by atoms with van der Waals surface area (Å²) in [7, 11) is 3.78. The van der Waals surface area contributed by atoms with Crippen LogP contribution >= 0.6 is 0 Å². The van der Waals surface area contributed by atoms with Gasteiger partial charge in [0, 0.05) is 24.3 Å². The number of ketones is 2. The third-order valence-electron chi connectivity index (χ3n) is 8.33. The Kier molecular flexibility index (Phi) is 11.3. The maximum absolute atomic E-state index is 13.5. The summed E-state index contributed by atoms with van der Waals surface area (Å²) in [5, 5.41) is 22.0. The van der Waals surface area contributed by atoms with E-state index in [0.29, 0.717) is 19.3 Å². The van der Waals surface area contributed by atoms with Crippen molar-refractivity contribution in [3.05, 3.63) is 0 Å². The molecule has 2 aliphatic rings. The molecule has 2 saturated heterocycles. The Hall–Kier alpha value is -1.39. The van der Waals surface area contributed by atoms with E-state index in [2.05, 4.69) is 0 Å². The van der Waals surface area contributed by atoms with Gasteiger partial charge in [0.1, 0.15) is 23.9 Å². The van der Waals surface area contributed by atoms with Crippen molar-refractivity contribution in [1.29, 1.82) is 0 Å². The van der Waals surface area contributed by atoms with Gasteiger partial charge in [0.05, 0.1) is 17.8 Å². The molecule has 0 spiro atoms. The van der Waals surface area contributed by atoms with Crippen LogP contribution in [0.2, 0.25) is 0 Å². The number of esters is 1. The molecule has 2 fully saturated rings. The monoisotopic (exact) mass is 527 g/mol. The zero-order chi connectivity index (χ0) is 28.2. The van der Waals surface area contributed by atoms with Gasteiger partial charge in [-0.25, -0.2) is 0 Å². The van der Waals surface area contributed by atoms with E-state index in [9.17, 15) is 24.6 Å². The number of hydrogen-bond acceptors (Lipinski definition) is 9. The van der Waals surface area contributed by atoms with E-state index >= 15 is 0 Å². The Balaban J connectivity index is 2.39. The molecule has 9 nitrogen and oxygen atoms in total. The highest BCUT2D eigenvalue weighted by atomic mass is 16.7. The van der Waals surface area contributed by atoms with Crippen molar-refractivity contribution >= 4 is 17.5 Å². The molecule has 0 bridgehead atoms. The van der Waals surface area contributed by atoms with Gasteiger partial charge in [0.2, 0.25) is 0 Å². The molecule has 11 atom stereocenters. The Morgan fingerprint density at radius 3 is 2.27 bits per heavy atom. The van der Waals surface area contributed by atoms with Crippen molar-refractivity contribution in [3.63, 3.8) is 0 Å². The molecule has 0 aromatic rings. The first-order valence-electron chi connectivity index (χ1n) is 13.7. The van der Waals surface area contributed by atoms with Crippen molar-refractivity contribution in [2.75, 3.05) is 14.1 Å². The van der Waals surface area contributed by atoms with Gasteiger partial charge >= 0.3 is 5.97 Å². The van der Waals surface area contributed by atoms with E-state index in [1.54, 1.807) is 20.8 Å². The smallest absolute Gasteiger partial charge is 0.316 e. The van der Waals surface area contributed by atoms with Crippen molar-refractivity contribution in [3.8, 4) is 0 Å². The van der Waals surface area contributed by atoms with Gasteiger partial charge in [-0.3, -0.25) is 14.4 Å². The number of nitrogens with zero attached hydrogens (tertiary/aromatic N) is 1. The fraction of sp³-hybridized carbons (Fsp3) is 0.893. The first kappa shape index (κ1) is 31.8. The summed E-state index contributed by atoms with van der Waals surface area (Å²) >= 11 is 0. The molecule has 9 heteroatoms. The first-order chi connectivity index (χ1) is 17.1. The summed E-state index contributed by atoms with van der Waals surface area (Å²) in [5.41, 5.74) is -1.39. The number of Topliss-reactive ketones (excluding diaryl/α,β-unsaturated/α-hetero) is 2. The minimum absolute atomic E-state index is 0.00768. The SMILES string of the molecule is CC[C@H]1OC(=O)[C@H](C)C(=O)[C@H](C)[C@@H](O[C@H]2O[C@@H](C)C[C@@H](N(C)C)[C@@H]2O)[C@@H](C)C[C@@H](C)C(=O)CC[C@]1(C)O. The topological polar surface area (TPSA) is 123 Å². The Labute approximate surface area is 222 Å². The minimum Gasteiger partial charge on any atom is -0.459 e. The molecule has 0 aromatic heterocycles. The molecule has 0 radical (unpaired) electrons. The van der Waals surface area contributed by atoms with E-state index in [4.69, 9.17) is 14.2 Å². The summed E-state index contributed by atoms with van der Waals surface area (Å²) in [6.45, 7) is 12.3. The van der Waals surface area contributed by atoms with Crippen LogP contribution in [0, 0.1) is 23.7 Å². The normalized spacial score (nSPS) is 43.4. The lowest BCUT2D eigenvalue weighted by Crippen LogP contribution is -2.56. The highest BCUT2D eigenvalue weighted by Gasteiger charge is 2.44. The van der Waals surface area contributed by atoms with Gasteiger partial charge in [-0.1, -0.05) is 27.7 Å². The number of likely N-dealkylation sites (N-methyl/N-ethyl adjacent to an activating group) is 1. The van der Waals surface area contributed by atoms with Crippen LogP contribution in [-0.2, 0) is 28.6 Å². The maximum Gasteiger partial charge on any atom is 0.316 e. The van der Waals surface area contributed by atoms with Gasteiger partial charge in [-0.2, -0.15) is 0 Å². The third kappa shape index (κ3) is 7.82. The molecule has 2 rings (SSSR count). The molecule has 214 valence electrons. The number of carbonyl (C=O) groups is 3. The summed E-state index contributed by atoms with van der Waals surface area (Å²) < 4.78 is 17.9. The molecular formula is C28H49NO8. The number of hydrogen-bond donors (Lipinski definition) is 2. The van der Waals surface area contributed by atoms with Gasteiger partial charge in [-0.15, -0.1) is 0 Å². The second-order valence-electron chi connectivity index (χ2n) is 11.9. The van der Waals surface area contributed by atoms with Crippen LogP contribution in [0.15, 0.2) is 0 Å².